The Hall–Kier alpha value is -2.75. The quantitative estimate of drug-likeness (QED) is 0.324. The molecule has 2 bridgehead atoms. The molecule has 5 aliphatic rings. The highest BCUT2D eigenvalue weighted by atomic mass is 35.5. The number of hydrogen-bond donors (Lipinski definition) is 2. The summed E-state index contributed by atoms with van der Waals surface area (Å²) in [6.07, 6.45) is 7.44. The third-order valence-electron chi connectivity index (χ3n) is 11.0. The summed E-state index contributed by atoms with van der Waals surface area (Å²) in [5.41, 5.74) is 2.82. The van der Waals surface area contributed by atoms with Gasteiger partial charge in [-0.3, -0.25) is 4.90 Å². The lowest BCUT2D eigenvalue weighted by Gasteiger charge is -2.35. The molecule has 2 aromatic carbocycles. The van der Waals surface area contributed by atoms with Gasteiger partial charge in [0.1, 0.15) is 29.9 Å². The number of halogens is 3. The number of ether oxygens (including phenoxy) is 1. The molecule has 0 radical (unpaired) electrons. The van der Waals surface area contributed by atoms with Crippen LogP contribution < -0.4 is 15.0 Å². The molecule has 2 N–H and O–H groups in total. The molecule has 5 heterocycles. The van der Waals surface area contributed by atoms with E-state index in [1.54, 1.807) is 12.1 Å². The van der Waals surface area contributed by atoms with E-state index in [9.17, 15) is 9.50 Å². The van der Waals surface area contributed by atoms with Gasteiger partial charge in [0.25, 0.3) is 0 Å². The number of benzene rings is 2. The molecule has 0 amide bonds. The minimum absolute atomic E-state index is 0.109. The zero-order valence-electron chi connectivity index (χ0n) is 25.2. The molecule has 10 heteroatoms. The van der Waals surface area contributed by atoms with Crippen LogP contribution in [0.1, 0.15) is 75.3 Å². The van der Waals surface area contributed by atoms with Gasteiger partial charge < -0.3 is 20.1 Å². The highest BCUT2D eigenvalue weighted by molar-refractivity contribution is 6.34. The molecule has 0 saturated carbocycles. The number of alkyl halides is 1. The summed E-state index contributed by atoms with van der Waals surface area (Å²) in [7, 11) is 0. The Kier molecular flexibility index (Phi) is 7.14. The van der Waals surface area contributed by atoms with Gasteiger partial charge >= 0.3 is 6.01 Å². The van der Waals surface area contributed by atoms with E-state index in [-0.39, 0.29) is 45.9 Å². The number of aromatic hydroxyl groups is 1. The first kappa shape index (κ1) is 28.7. The van der Waals surface area contributed by atoms with Crippen LogP contribution in [0.15, 0.2) is 18.2 Å². The number of hydrogen-bond acceptors (Lipinski definition) is 7. The minimum Gasteiger partial charge on any atom is -0.508 e. The van der Waals surface area contributed by atoms with Crippen LogP contribution in [0.25, 0.3) is 22.0 Å². The number of rotatable bonds is 6. The number of nitrogens with zero attached hydrogens (tertiary/aromatic N) is 4. The fourth-order valence-corrected chi connectivity index (χ4v) is 9.31. The van der Waals surface area contributed by atoms with E-state index in [1.165, 1.54) is 0 Å². The average Bonchev–Trinajstić information content (AvgIpc) is 3.65. The van der Waals surface area contributed by atoms with E-state index in [1.807, 2.05) is 6.07 Å². The zero-order chi connectivity index (χ0) is 30.2. The van der Waals surface area contributed by atoms with E-state index in [0.717, 1.165) is 82.1 Å². The SMILES string of the molecule is CCC1CCCc2cc(O)cc(-c3c(Cl)cc4c(N5C[C@H]6CC[C@@H](C5)N6)nc(OC[C@@]56CCCN5C[C@H](F)C6)nc4c3F)c21. The zero-order valence-corrected chi connectivity index (χ0v) is 26.0. The third-order valence-corrected chi connectivity index (χ3v) is 11.3. The lowest BCUT2D eigenvalue weighted by atomic mass is 9.77. The third kappa shape index (κ3) is 4.72. The highest BCUT2D eigenvalue weighted by Gasteiger charge is 2.49. The molecule has 4 saturated heterocycles. The summed E-state index contributed by atoms with van der Waals surface area (Å²) in [5.74, 6) is 0.460. The van der Waals surface area contributed by atoms with Crippen LogP contribution in [-0.2, 0) is 6.42 Å². The standard InChI is InChI=1S/C34H40ClF2N5O2/c1-2-19-5-3-6-20-11-24(43)12-25(28(19)20)29-27(35)13-26-31(30(29)37)39-33(40-32(26)41-16-22-7-8-23(17-41)38-22)44-18-34-9-4-10-42(34)15-21(36)14-34/h11-13,19,21-23,38,43H,2-10,14-18H2,1H3/t19?,21-,22-,23+,34+/m1/s1. The van der Waals surface area contributed by atoms with Gasteiger partial charge in [-0.15, -0.1) is 0 Å². The van der Waals surface area contributed by atoms with Gasteiger partial charge in [-0.1, -0.05) is 18.5 Å². The first-order valence-corrected chi connectivity index (χ1v) is 16.8. The monoisotopic (exact) mass is 623 g/mol. The molecule has 44 heavy (non-hydrogen) atoms. The van der Waals surface area contributed by atoms with Crippen molar-refractivity contribution in [3.05, 3.63) is 40.2 Å². The first-order valence-electron chi connectivity index (χ1n) is 16.4. The highest BCUT2D eigenvalue weighted by Crippen LogP contribution is 2.47. The van der Waals surface area contributed by atoms with E-state index in [4.69, 9.17) is 26.3 Å². The van der Waals surface area contributed by atoms with Gasteiger partial charge in [-0.05, 0) is 98.7 Å². The maximum absolute atomic E-state index is 17.0. The summed E-state index contributed by atoms with van der Waals surface area (Å²) < 4.78 is 37.8. The number of phenols is 1. The molecule has 4 fully saturated rings. The fourth-order valence-electron chi connectivity index (χ4n) is 9.01. The van der Waals surface area contributed by atoms with E-state index < -0.39 is 12.0 Å². The molecule has 7 nitrogen and oxygen atoms in total. The molecule has 1 unspecified atom stereocenters. The number of aromatic nitrogens is 2. The molecule has 0 spiro atoms. The van der Waals surface area contributed by atoms with Crippen molar-refractivity contribution in [2.75, 3.05) is 37.7 Å². The number of aryl methyl sites for hydroxylation is 1. The Morgan fingerprint density at radius 1 is 1.11 bits per heavy atom. The molecular formula is C34H40ClF2N5O2. The topological polar surface area (TPSA) is 73.8 Å². The van der Waals surface area contributed by atoms with E-state index >= 15 is 4.39 Å². The van der Waals surface area contributed by atoms with E-state index in [0.29, 0.717) is 41.8 Å². The van der Waals surface area contributed by atoms with Crippen LogP contribution >= 0.6 is 11.6 Å². The lowest BCUT2D eigenvalue weighted by Crippen LogP contribution is -2.51. The predicted octanol–water partition coefficient (Wildman–Crippen LogP) is 6.52. The van der Waals surface area contributed by atoms with Crippen LogP contribution in [0.5, 0.6) is 11.8 Å². The lowest BCUT2D eigenvalue weighted by molar-refractivity contribution is 0.107. The van der Waals surface area contributed by atoms with Crippen LogP contribution in [0.2, 0.25) is 5.02 Å². The Balaban J connectivity index is 1.27. The second-order valence-corrected chi connectivity index (χ2v) is 14.2. The molecule has 1 aromatic heterocycles. The fraction of sp³-hybridized carbons (Fsp3) is 0.588. The van der Waals surface area contributed by atoms with Gasteiger partial charge in [-0.2, -0.15) is 9.97 Å². The number of piperazine rings is 1. The normalized spacial score (nSPS) is 29.8. The van der Waals surface area contributed by atoms with Gasteiger partial charge in [0, 0.05) is 49.1 Å². The number of fused-ring (bicyclic) bond motifs is 5. The molecule has 1 aliphatic carbocycles. The Morgan fingerprint density at radius 2 is 1.93 bits per heavy atom. The van der Waals surface area contributed by atoms with Crippen molar-refractivity contribution in [2.24, 2.45) is 0 Å². The minimum atomic E-state index is -0.870. The summed E-state index contributed by atoms with van der Waals surface area (Å²) in [5, 5.41) is 15.2. The summed E-state index contributed by atoms with van der Waals surface area (Å²) in [4.78, 5) is 14.0. The molecule has 8 rings (SSSR count). The molecular weight excluding hydrogens is 584 g/mol. The van der Waals surface area contributed by atoms with Crippen molar-refractivity contribution in [1.82, 2.24) is 20.2 Å². The largest absolute Gasteiger partial charge is 0.508 e. The summed E-state index contributed by atoms with van der Waals surface area (Å²) in [6, 6.07) is 6.06. The van der Waals surface area contributed by atoms with Crippen molar-refractivity contribution in [2.45, 2.75) is 94.4 Å². The first-order chi connectivity index (χ1) is 21.3. The van der Waals surface area contributed by atoms with Gasteiger partial charge in [0.2, 0.25) is 0 Å². The molecule has 3 aromatic rings. The van der Waals surface area contributed by atoms with Crippen LogP contribution in [0, 0.1) is 5.82 Å². The van der Waals surface area contributed by atoms with Crippen molar-refractivity contribution in [3.63, 3.8) is 0 Å². The second kappa shape index (κ2) is 11.0. The smallest absolute Gasteiger partial charge is 0.319 e. The van der Waals surface area contributed by atoms with Gasteiger partial charge in [0.05, 0.1) is 10.6 Å². The predicted molar refractivity (Wildman–Crippen MR) is 168 cm³/mol. The Labute approximate surface area is 261 Å². The number of nitrogens with one attached hydrogen (secondary N) is 1. The van der Waals surface area contributed by atoms with Crippen LogP contribution in [0.4, 0.5) is 14.6 Å². The maximum Gasteiger partial charge on any atom is 0.319 e. The van der Waals surface area contributed by atoms with Crippen LogP contribution in [0.3, 0.4) is 0 Å². The van der Waals surface area contributed by atoms with Gasteiger partial charge in [0.15, 0.2) is 5.82 Å². The molecule has 4 aliphatic heterocycles. The van der Waals surface area contributed by atoms with Crippen molar-refractivity contribution >= 4 is 28.3 Å². The summed E-state index contributed by atoms with van der Waals surface area (Å²) in [6.45, 7) is 5.22. The Morgan fingerprint density at radius 3 is 2.73 bits per heavy atom. The maximum atomic E-state index is 17.0. The molecule has 234 valence electrons. The number of phenolic OH excluding ortho intramolecular Hbond substituents is 1. The Bertz CT molecular complexity index is 1610. The van der Waals surface area contributed by atoms with Crippen molar-refractivity contribution < 1.29 is 18.6 Å². The molecule has 5 atom stereocenters. The van der Waals surface area contributed by atoms with Crippen molar-refractivity contribution in [3.8, 4) is 22.9 Å². The van der Waals surface area contributed by atoms with E-state index in [2.05, 4.69) is 22.0 Å². The van der Waals surface area contributed by atoms with Crippen LogP contribution in [-0.4, -0.2) is 76.6 Å². The van der Waals surface area contributed by atoms with Gasteiger partial charge in [-0.25, -0.2) is 8.78 Å². The second-order valence-electron chi connectivity index (χ2n) is 13.7. The average molecular weight is 624 g/mol. The van der Waals surface area contributed by atoms with Crippen molar-refractivity contribution in [1.29, 1.82) is 0 Å². The number of anilines is 1. The summed E-state index contributed by atoms with van der Waals surface area (Å²) >= 11 is 6.99.